The molecule has 132 valence electrons. The Hall–Kier alpha value is -1.43. The monoisotopic (exact) mass is 330 g/mol. The van der Waals surface area contributed by atoms with Crippen molar-refractivity contribution in [3.05, 3.63) is 35.9 Å². The molecule has 2 fully saturated rings. The zero-order valence-electron chi connectivity index (χ0n) is 14.5. The van der Waals surface area contributed by atoms with Crippen molar-refractivity contribution < 1.29 is 4.79 Å². The van der Waals surface area contributed by atoms with Crippen molar-refractivity contribution in [2.24, 2.45) is 0 Å². The summed E-state index contributed by atoms with van der Waals surface area (Å²) in [5.41, 5.74) is 7.59. The number of rotatable bonds is 6. The van der Waals surface area contributed by atoms with Gasteiger partial charge < -0.3 is 10.2 Å². The molecule has 0 bridgehead atoms. The van der Waals surface area contributed by atoms with Gasteiger partial charge in [0, 0.05) is 12.6 Å². The van der Waals surface area contributed by atoms with Crippen molar-refractivity contribution in [2.75, 3.05) is 26.2 Å². The second kappa shape index (κ2) is 9.16. The van der Waals surface area contributed by atoms with E-state index in [1.54, 1.807) is 0 Å². The van der Waals surface area contributed by atoms with Gasteiger partial charge in [-0.3, -0.25) is 4.79 Å². The average Bonchev–Trinajstić information content (AvgIpc) is 2.97. The number of nitrogens with one attached hydrogen (secondary N) is 3. The second-order valence-corrected chi connectivity index (χ2v) is 6.94. The molecular formula is C19H30N4O. The maximum Gasteiger partial charge on any atom is 0.238 e. The van der Waals surface area contributed by atoms with Crippen molar-refractivity contribution in [1.29, 1.82) is 0 Å². The minimum absolute atomic E-state index is 0.108. The zero-order chi connectivity index (χ0) is 16.6. The number of carbonyl (C=O) groups excluding carboxylic acids is 1. The standard InChI is InChI=1S/C19H30N4O/c24-19(20-11-8-14-23-12-6-1-2-7-13-23)18-15-17(21-22-18)16-9-4-3-5-10-16/h3-5,9-10,17-18,21-22H,1-2,6-8,11-15H2,(H,20,24). The van der Waals surface area contributed by atoms with E-state index in [9.17, 15) is 4.79 Å². The number of hydrogen-bond donors (Lipinski definition) is 3. The predicted molar refractivity (Wildman–Crippen MR) is 96.4 cm³/mol. The summed E-state index contributed by atoms with van der Waals surface area (Å²) >= 11 is 0. The normalized spacial score (nSPS) is 25.3. The van der Waals surface area contributed by atoms with Crippen LogP contribution in [-0.4, -0.2) is 43.0 Å². The van der Waals surface area contributed by atoms with E-state index in [1.807, 2.05) is 18.2 Å². The van der Waals surface area contributed by atoms with E-state index in [2.05, 4.69) is 33.2 Å². The van der Waals surface area contributed by atoms with E-state index in [0.29, 0.717) is 0 Å². The third-order valence-electron chi connectivity index (χ3n) is 5.07. The quantitative estimate of drug-likeness (QED) is 0.698. The Bertz CT molecular complexity index is 499. The van der Waals surface area contributed by atoms with Crippen molar-refractivity contribution in [1.82, 2.24) is 21.1 Å². The number of hydrogen-bond acceptors (Lipinski definition) is 4. The van der Waals surface area contributed by atoms with Crippen molar-refractivity contribution in [3.63, 3.8) is 0 Å². The summed E-state index contributed by atoms with van der Waals surface area (Å²) in [6.07, 6.45) is 7.22. The number of nitrogens with zero attached hydrogens (tertiary/aromatic N) is 1. The van der Waals surface area contributed by atoms with Crippen LogP contribution in [0.25, 0.3) is 0 Å². The van der Waals surface area contributed by atoms with Gasteiger partial charge in [-0.15, -0.1) is 0 Å². The summed E-state index contributed by atoms with van der Waals surface area (Å²) in [5, 5.41) is 3.08. The van der Waals surface area contributed by atoms with Gasteiger partial charge in [-0.1, -0.05) is 43.2 Å². The fourth-order valence-electron chi connectivity index (χ4n) is 3.63. The molecule has 3 rings (SSSR count). The van der Waals surface area contributed by atoms with Crippen LogP contribution in [0.4, 0.5) is 0 Å². The summed E-state index contributed by atoms with van der Waals surface area (Å²) in [5.74, 6) is 0.108. The minimum atomic E-state index is -0.145. The topological polar surface area (TPSA) is 56.4 Å². The maximum absolute atomic E-state index is 12.3. The molecule has 2 aliphatic heterocycles. The second-order valence-electron chi connectivity index (χ2n) is 6.94. The van der Waals surface area contributed by atoms with Crippen LogP contribution in [0.1, 0.15) is 50.1 Å². The van der Waals surface area contributed by atoms with Gasteiger partial charge in [0.25, 0.3) is 0 Å². The smallest absolute Gasteiger partial charge is 0.238 e. The van der Waals surface area contributed by atoms with E-state index in [0.717, 1.165) is 25.9 Å². The van der Waals surface area contributed by atoms with E-state index in [4.69, 9.17) is 0 Å². The molecule has 2 unspecified atom stereocenters. The van der Waals surface area contributed by atoms with Crippen LogP contribution in [0.2, 0.25) is 0 Å². The number of hydrazine groups is 1. The lowest BCUT2D eigenvalue weighted by Crippen LogP contribution is -2.43. The molecule has 0 aromatic heterocycles. The molecule has 0 aliphatic carbocycles. The van der Waals surface area contributed by atoms with E-state index in [-0.39, 0.29) is 18.0 Å². The molecule has 2 saturated heterocycles. The van der Waals surface area contributed by atoms with Crippen LogP contribution < -0.4 is 16.2 Å². The van der Waals surface area contributed by atoms with E-state index in [1.165, 1.54) is 44.3 Å². The van der Waals surface area contributed by atoms with Crippen LogP contribution >= 0.6 is 0 Å². The molecule has 0 radical (unpaired) electrons. The molecule has 1 aromatic carbocycles. The van der Waals surface area contributed by atoms with Crippen LogP contribution in [0, 0.1) is 0 Å². The summed E-state index contributed by atoms with van der Waals surface area (Å²) < 4.78 is 0. The molecule has 0 spiro atoms. The Morgan fingerprint density at radius 1 is 1.08 bits per heavy atom. The highest BCUT2D eigenvalue weighted by atomic mass is 16.2. The van der Waals surface area contributed by atoms with Crippen molar-refractivity contribution in [3.8, 4) is 0 Å². The van der Waals surface area contributed by atoms with Gasteiger partial charge >= 0.3 is 0 Å². The Morgan fingerprint density at radius 3 is 2.58 bits per heavy atom. The maximum atomic E-state index is 12.3. The molecule has 5 nitrogen and oxygen atoms in total. The fraction of sp³-hybridized carbons (Fsp3) is 0.632. The third kappa shape index (κ3) is 5.03. The molecule has 3 N–H and O–H groups in total. The first-order chi connectivity index (χ1) is 11.8. The van der Waals surface area contributed by atoms with Gasteiger partial charge in [0.1, 0.15) is 6.04 Å². The molecule has 5 heteroatoms. The average molecular weight is 330 g/mol. The summed E-state index contributed by atoms with van der Waals surface area (Å²) in [6, 6.07) is 10.3. The Kier molecular flexibility index (Phi) is 6.64. The van der Waals surface area contributed by atoms with Crippen molar-refractivity contribution in [2.45, 2.75) is 50.6 Å². The van der Waals surface area contributed by atoms with Crippen LogP contribution in [-0.2, 0) is 4.79 Å². The lowest BCUT2D eigenvalue weighted by molar-refractivity contribution is -0.122. The van der Waals surface area contributed by atoms with Crippen LogP contribution in [0.15, 0.2) is 30.3 Å². The highest BCUT2D eigenvalue weighted by Crippen LogP contribution is 2.21. The molecule has 1 amide bonds. The SMILES string of the molecule is O=C(NCCCN1CCCCCC1)C1CC(c2ccccc2)NN1. The summed E-state index contributed by atoms with van der Waals surface area (Å²) in [4.78, 5) is 14.8. The van der Waals surface area contributed by atoms with Gasteiger partial charge in [-0.05, 0) is 50.9 Å². The Balaban J connectivity index is 1.34. The van der Waals surface area contributed by atoms with Crippen LogP contribution in [0.3, 0.4) is 0 Å². The summed E-state index contributed by atoms with van der Waals surface area (Å²) in [7, 11) is 0. The zero-order valence-corrected chi connectivity index (χ0v) is 14.5. The third-order valence-corrected chi connectivity index (χ3v) is 5.07. The summed E-state index contributed by atoms with van der Waals surface area (Å²) in [6.45, 7) is 4.31. The van der Waals surface area contributed by atoms with E-state index < -0.39 is 0 Å². The van der Waals surface area contributed by atoms with Gasteiger partial charge in [-0.25, -0.2) is 10.9 Å². The first-order valence-corrected chi connectivity index (χ1v) is 9.39. The lowest BCUT2D eigenvalue weighted by atomic mass is 10.0. The first-order valence-electron chi connectivity index (χ1n) is 9.39. The number of amides is 1. The molecule has 2 atom stereocenters. The number of likely N-dealkylation sites (tertiary alicyclic amines) is 1. The van der Waals surface area contributed by atoms with Gasteiger partial charge in [0.15, 0.2) is 0 Å². The van der Waals surface area contributed by atoms with Crippen LogP contribution in [0.5, 0.6) is 0 Å². The largest absolute Gasteiger partial charge is 0.355 e. The Morgan fingerprint density at radius 2 is 1.83 bits per heavy atom. The fourth-order valence-corrected chi connectivity index (χ4v) is 3.63. The van der Waals surface area contributed by atoms with Gasteiger partial charge in [0.2, 0.25) is 5.91 Å². The first kappa shape index (κ1) is 17.4. The highest BCUT2D eigenvalue weighted by Gasteiger charge is 2.29. The molecule has 2 aliphatic rings. The molecule has 24 heavy (non-hydrogen) atoms. The predicted octanol–water partition coefficient (Wildman–Crippen LogP) is 1.98. The number of carbonyl (C=O) groups is 1. The Labute approximate surface area is 145 Å². The molecule has 0 saturated carbocycles. The molecular weight excluding hydrogens is 300 g/mol. The van der Waals surface area contributed by atoms with E-state index >= 15 is 0 Å². The van der Waals surface area contributed by atoms with Gasteiger partial charge in [-0.2, -0.15) is 0 Å². The minimum Gasteiger partial charge on any atom is -0.355 e. The molecule has 2 heterocycles. The highest BCUT2D eigenvalue weighted by molar-refractivity contribution is 5.82. The number of benzene rings is 1. The lowest BCUT2D eigenvalue weighted by Gasteiger charge is -2.19. The van der Waals surface area contributed by atoms with Crippen molar-refractivity contribution >= 4 is 5.91 Å². The molecule has 1 aromatic rings. The van der Waals surface area contributed by atoms with Gasteiger partial charge in [0.05, 0.1) is 0 Å².